The van der Waals surface area contributed by atoms with E-state index in [0.717, 1.165) is 16.5 Å². The van der Waals surface area contributed by atoms with Crippen LogP contribution in [0.15, 0.2) is 54.6 Å². The van der Waals surface area contributed by atoms with Crippen molar-refractivity contribution in [3.05, 3.63) is 65.7 Å². The Balaban J connectivity index is 2.09. The molecular formula is C17H11ClN2O. The second-order valence-corrected chi connectivity index (χ2v) is 4.76. The molecule has 0 fully saturated rings. The molecule has 0 saturated heterocycles. The smallest absolute Gasteiger partial charge is 0.224 e. The molecule has 0 bridgehead atoms. The number of rotatable bonds is 3. The van der Waals surface area contributed by atoms with Gasteiger partial charge >= 0.3 is 0 Å². The Morgan fingerprint density at radius 2 is 1.86 bits per heavy atom. The van der Waals surface area contributed by atoms with Gasteiger partial charge in [-0.15, -0.1) is 11.6 Å². The fourth-order valence-electron chi connectivity index (χ4n) is 2.08. The van der Waals surface area contributed by atoms with E-state index in [-0.39, 0.29) is 0 Å². The van der Waals surface area contributed by atoms with Gasteiger partial charge in [-0.05, 0) is 24.3 Å². The lowest BCUT2D eigenvalue weighted by molar-refractivity contribution is 0.459. The molecule has 3 nitrogen and oxygen atoms in total. The van der Waals surface area contributed by atoms with Gasteiger partial charge in [0.05, 0.1) is 17.0 Å². The molecule has 102 valence electrons. The van der Waals surface area contributed by atoms with E-state index in [2.05, 4.69) is 11.1 Å². The largest absolute Gasteiger partial charge is 0.437 e. The highest BCUT2D eigenvalue weighted by Gasteiger charge is 2.10. The zero-order valence-corrected chi connectivity index (χ0v) is 11.8. The summed E-state index contributed by atoms with van der Waals surface area (Å²) in [4.78, 5) is 4.50. The minimum atomic E-state index is 0.294. The first-order valence-electron chi connectivity index (χ1n) is 6.43. The van der Waals surface area contributed by atoms with Crippen LogP contribution in [0.5, 0.6) is 11.6 Å². The molecule has 1 heterocycles. The van der Waals surface area contributed by atoms with Crippen molar-refractivity contribution in [2.45, 2.75) is 5.88 Å². The van der Waals surface area contributed by atoms with E-state index in [9.17, 15) is 0 Å². The first kappa shape index (κ1) is 13.4. The fourth-order valence-corrected chi connectivity index (χ4v) is 2.27. The van der Waals surface area contributed by atoms with Crippen LogP contribution in [0.2, 0.25) is 0 Å². The number of benzene rings is 2. The molecule has 4 heteroatoms. The molecule has 0 radical (unpaired) electrons. The second kappa shape index (κ2) is 5.82. The summed E-state index contributed by atoms with van der Waals surface area (Å²) < 4.78 is 5.81. The van der Waals surface area contributed by atoms with E-state index in [1.54, 1.807) is 18.2 Å². The number of para-hydroxylation sites is 2. The maximum atomic E-state index is 9.12. The Morgan fingerprint density at radius 1 is 1.10 bits per heavy atom. The molecule has 21 heavy (non-hydrogen) atoms. The standard InChI is InChI=1S/C17H11ClN2O/c18-10-14-9-12-5-1-3-7-15(12)20-17(14)21-16-8-4-2-6-13(16)11-19/h1-9H,10H2. The van der Waals surface area contributed by atoms with Crippen LogP contribution in [0.25, 0.3) is 10.9 Å². The Kier molecular flexibility index (Phi) is 3.72. The number of fused-ring (bicyclic) bond motifs is 1. The molecule has 3 aromatic rings. The molecule has 0 atom stereocenters. The predicted molar refractivity (Wildman–Crippen MR) is 82.5 cm³/mol. The number of hydrogen-bond donors (Lipinski definition) is 0. The third-order valence-electron chi connectivity index (χ3n) is 3.12. The lowest BCUT2D eigenvalue weighted by atomic mass is 10.1. The Morgan fingerprint density at radius 3 is 2.67 bits per heavy atom. The summed E-state index contributed by atoms with van der Waals surface area (Å²) in [5.74, 6) is 1.21. The highest BCUT2D eigenvalue weighted by atomic mass is 35.5. The first-order valence-corrected chi connectivity index (χ1v) is 6.97. The van der Waals surface area contributed by atoms with Gasteiger partial charge in [0.2, 0.25) is 5.88 Å². The molecule has 2 aromatic carbocycles. The van der Waals surface area contributed by atoms with Crippen LogP contribution in [0.1, 0.15) is 11.1 Å². The summed E-state index contributed by atoms with van der Waals surface area (Å²) >= 11 is 5.99. The molecule has 0 aliphatic carbocycles. The van der Waals surface area contributed by atoms with Crippen molar-refractivity contribution < 1.29 is 4.74 Å². The van der Waals surface area contributed by atoms with E-state index < -0.39 is 0 Å². The van der Waals surface area contributed by atoms with Crippen molar-refractivity contribution in [3.63, 3.8) is 0 Å². The third-order valence-corrected chi connectivity index (χ3v) is 3.41. The zero-order chi connectivity index (χ0) is 14.7. The van der Waals surface area contributed by atoms with Gasteiger partial charge in [-0.25, -0.2) is 4.98 Å². The van der Waals surface area contributed by atoms with Crippen LogP contribution >= 0.6 is 11.6 Å². The highest BCUT2D eigenvalue weighted by Crippen LogP contribution is 2.29. The number of aromatic nitrogens is 1. The van der Waals surface area contributed by atoms with Gasteiger partial charge in [-0.1, -0.05) is 30.3 Å². The first-order chi connectivity index (χ1) is 10.3. The topological polar surface area (TPSA) is 45.9 Å². The average Bonchev–Trinajstić information content (AvgIpc) is 2.54. The van der Waals surface area contributed by atoms with Gasteiger partial charge in [0.1, 0.15) is 11.8 Å². The molecule has 0 aliphatic heterocycles. The predicted octanol–water partition coefficient (Wildman–Crippen LogP) is 4.64. The molecule has 0 spiro atoms. The Labute approximate surface area is 127 Å². The maximum absolute atomic E-state index is 9.12. The van der Waals surface area contributed by atoms with Crippen molar-refractivity contribution in [2.24, 2.45) is 0 Å². The molecule has 3 rings (SSSR count). The molecule has 0 amide bonds. The summed E-state index contributed by atoms with van der Waals surface area (Å²) in [5, 5.41) is 10.1. The van der Waals surface area contributed by atoms with E-state index in [1.807, 2.05) is 36.4 Å². The molecule has 0 N–H and O–H groups in total. The minimum absolute atomic E-state index is 0.294. The number of alkyl halides is 1. The normalized spacial score (nSPS) is 10.3. The van der Waals surface area contributed by atoms with Gasteiger partial charge in [0.15, 0.2) is 0 Å². The summed E-state index contributed by atoms with van der Waals surface area (Å²) in [7, 11) is 0. The van der Waals surface area contributed by atoms with Crippen molar-refractivity contribution in [3.8, 4) is 17.7 Å². The second-order valence-electron chi connectivity index (χ2n) is 4.49. The van der Waals surface area contributed by atoms with Crippen molar-refractivity contribution in [2.75, 3.05) is 0 Å². The zero-order valence-electron chi connectivity index (χ0n) is 11.1. The lowest BCUT2D eigenvalue weighted by Gasteiger charge is -2.11. The number of hydrogen-bond acceptors (Lipinski definition) is 3. The van der Waals surface area contributed by atoms with Gasteiger partial charge in [0, 0.05) is 10.9 Å². The van der Waals surface area contributed by atoms with E-state index in [1.165, 1.54) is 0 Å². The van der Waals surface area contributed by atoms with Crippen LogP contribution in [-0.4, -0.2) is 4.98 Å². The van der Waals surface area contributed by atoms with Gasteiger partial charge < -0.3 is 4.74 Å². The van der Waals surface area contributed by atoms with E-state index in [4.69, 9.17) is 21.6 Å². The van der Waals surface area contributed by atoms with E-state index >= 15 is 0 Å². The van der Waals surface area contributed by atoms with Crippen molar-refractivity contribution >= 4 is 22.5 Å². The number of pyridine rings is 1. The van der Waals surface area contributed by atoms with Gasteiger partial charge in [0.25, 0.3) is 0 Å². The third kappa shape index (κ3) is 2.67. The van der Waals surface area contributed by atoms with E-state index in [0.29, 0.717) is 23.1 Å². The number of halogens is 1. The summed E-state index contributed by atoms with van der Waals surface area (Å²) in [6, 6.07) is 18.9. The SMILES string of the molecule is N#Cc1ccccc1Oc1nc2ccccc2cc1CCl. The summed E-state index contributed by atoms with van der Waals surface area (Å²) in [6.07, 6.45) is 0. The quantitative estimate of drug-likeness (QED) is 0.661. The Bertz CT molecular complexity index is 840. The van der Waals surface area contributed by atoms with Crippen LogP contribution < -0.4 is 4.74 Å². The van der Waals surface area contributed by atoms with Gasteiger partial charge in [-0.3, -0.25) is 0 Å². The number of ether oxygens (including phenoxy) is 1. The molecule has 0 unspecified atom stereocenters. The van der Waals surface area contributed by atoms with Crippen LogP contribution in [0.4, 0.5) is 0 Å². The lowest BCUT2D eigenvalue weighted by Crippen LogP contribution is -1.95. The molecule has 0 saturated carbocycles. The van der Waals surface area contributed by atoms with Crippen LogP contribution in [0, 0.1) is 11.3 Å². The molecule has 0 aliphatic rings. The van der Waals surface area contributed by atoms with Crippen molar-refractivity contribution in [1.82, 2.24) is 4.98 Å². The summed E-state index contributed by atoms with van der Waals surface area (Å²) in [5.41, 5.74) is 2.09. The maximum Gasteiger partial charge on any atom is 0.224 e. The van der Waals surface area contributed by atoms with Crippen LogP contribution in [0.3, 0.4) is 0 Å². The monoisotopic (exact) mass is 294 g/mol. The summed E-state index contributed by atoms with van der Waals surface area (Å²) in [6.45, 7) is 0. The fraction of sp³-hybridized carbons (Fsp3) is 0.0588. The van der Waals surface area contributed by atoms with Crippen molar-refractivity contribution in [1.29, 1.82) is 5.26 Å². The average molecular weight is 295 g/mol. The molecular weight excluding hydrogens is 284 g/mol. The number of nitrogens with zero attached hydrogens (tertiary/aromatic N) is 2. The minimum Gasteiger partial charge on any atom is -0.437 e. The molecule has 1 aromatic heterocycles. The highest BCUT2D eigenvalue weighted by molar-refractivity contribution is 6.17. The van der Waals surface area contributed by atoms with Crippen LogP contribution in [-0.2, 0) is 5.88 Å². The van der Waals surface area contributed by atoms with Gasteiger partial charge in [-0.2, -0.15) is 5.26 Å². The number of nitriles is 1. The Hall–Kier alpha value is -2.57.